The van der Waals surface area contributed by atoms with Gasteiger partial charge in [0.25, 0.3) is 5.91 Å². The summed E-state index contributed by atoms with van der Waals surface area (Å²) in [5.41, 5.74) is 6.08. The Kier molecular flexibility index (Phi) is 8.16. The Labute approximate surface area is 224 Å². The number of halogens is 1. The molecular formula is C25H26ClN5O4S2. The Balaban J connectivity index is 1.47. The molecule has 2 aromatic carbocycles. The number of rotatable bonds is 8. The van der Waals surface area contributed by atoms with Crippen LogP contribution in [-0.4, -0.2) is 80.5 Å². The molecule has 2 heterocycles. The molecule has 3 N–H and O–H groups in total. The number of likely N-dealkylation sites (N-methyl/N-ethyl adjacent to an activating group) is 1. The molecule has 1 saturated heterocycles. The third-order valence-electron chi connectivity index (χ3n) is 6.17. The van der Waals surface area contributed by atoms with E-state index in [0.717, 1.165) is 44.1 Å². The second kappa shape index (κ2) is 11.2. The Hall–Kier alpha value is -3.01. The van der Waals surface area contributed by atoms with Gasteiger partial charge in [0.15, 0.2) is 15.0 Å². The lowest BCUT2D eigenvalue weighted by Gasteiger charge is -2.32. The van der Waals surface area contributed by atoms with Gasteiger partial charge in [0.2, 0.25) is 5.91 Å². The van der Waals surface area contributed by atoms with Gasteiger partial charge in [0, 0.05) is 31.7 Å². The van der Waals surface area contributed by atoms with Crippen LogP contribution in [0.2, 0.25) is 5.02 Å². The van der Waals surface area contributed by atoms with Crippen molar-refractivity contribution < 1.29 is 18.0 Å². The molecule has 1 aliphatic rings. The van der Waals surface area contributed by atoms with Crippen LogP contribution >= 0.6 is 22.9 Å². The number of carbonyl (C=O) groups is 2. The zero-order valence-corrected chi connectivity index (χ0v) is 22.5. The molecule has 4 rings (SSSR count). The number of nitrogens with zero attached hydrogens (tertiary/aromatic N) is 3. The Bertz CT molecular complexity index is 1510. The molecule has 1 fully saturated rings. The van der Waals surface area contributed by atoms with E-state index in [1.807, 2.05) is 0 Å². The van der Waals surface area contributed by atoms with Crippen molar-refractivity contribution in [2.45, 2.75) is 11.3 Å². The second-order valence-corrected chi connectivity index (χ2v) is 12.3. The summed E-state index contributed by atoms with van der Waals surface area (Å²) in [6.45, 7) is 4.61. The van der Waals surface area contributed by atoms with Gasteiger partial charge in [-0.15, -0.1) is 6.42 Å². The van der Waals surface area contributed by atoms with Crippen molar-refractivity contribution in [3.8, 4) is 12.3 Å². The van der Waals surface area contributed by atoms with Crippen LogP contribution in [0.15, 0.2) is 35.2 Å². The van der Waals surface area contributed by atoms with E-state index < -0.39 is 21.7 Å². The lowest BCUT2D eigenvalue weighted by molar-refractivity contribution is 0.1000. The van der Waals surface area contributed by atoms with Crippen molar-refractivity contribution in [3.05, 3.63) is 52.0 Å². The van der Waals surface area contributed by atoms with Gasteiger partial charge >= 0.3 is 0 Å². The van der Waals surface area contributed by atoms with Crippen molar-refractivity contribution in [1.29, 1.82) is 0 Å². The van der Waals surface area contributed by atoms with Crippen molar-refractivity contribution in [3.63, 3.8) is 0 Å². The van der Waals surface area contributed by atoms with Gasteiger partial charge < -0.3 is 15.5 Å². The molecule has 0 atom stereocenters. The molecule has 2 amide bonds. The number of terminal acetylenes is 1. The smallest absolute Gasteiger partial charge is 0.259 e. The highest BCUT2D eigenvalue weighted by Crippen LogP contribution is 2.30. The first-order valence-corrected chi connectivity index (χ1v) is 14.4. The van der Waals surface area contributed by atoms with E-state index in [9.17, 15) is 18.0 Å². The largest absolute Gasteiger partial charge is 0.366 e. The summed E-state index contributed by atoms with van der Waals surface area (Å²) in [6.07, 6.45) is 5.98. The zero-order chi connectivity index (χ0) is 26.7. The van der Waals surface area contributed by atoms with Crippen molar-refractivity contribution >= 4 is 59.9 Å². The van der Waals surface area contributed by atoms with E-state index >= 15 is 0 Å². The summed E-state index contributed by atoms with van der Waals surface area (Å²) in [5, 5.41) is 2.77. The third-order valence-corrected chi connectivity index (χ3v) is 9.31. The molecule has 194 valence electrons. The number of aromatic nitrogens is 1. The van der Waals surface area contributed by atoms with Gasteiger partial charge in [0.1, 0.15) is 0 Å². The Morgan fingerprint density at radius 3 is 2.57 bits per heavy atom. The van der Waals surface area contributed by atoms with Crippen LogP contribution in [0.4, 0.5) is 5.13 Å². The lowest BCUT2D eigenvalue weighted by Crippen LogP contribution is -2.44. The van der Waals surface area contributed by atoms with E-state index in [1.165, 1.54) is 18.2 Å². The van der Waals surface area contributed by atoms with Crippen LogP contribution in [0.5, 0.6) is 0 Å². The fraction of sp³-hybridized carbons (Fsp3) is 0.320. The van der Waals surface area contributed by atoms with Crippen LogP contribution in [0, 0.1) is 12.3 Å². The first kappa shape index (κ1) is 27.0. The molecule has 0 saturated carbocycles. The standard InChI is InChI=1S/C25H26ClN5O4S2/c1-3-16-13-18(23(27)32)22(26)19(14-16)24(33)29-25-28-20-6-5-17(15-21(20)36-25)37(34,35)12-4-7-31-10-8-30(2)9-11-31/h1,5-6,13-15H,4,7-12H2,2H3,(H2,27,32)(H,28,29,33). The van der Waals surface area contributed by atoms with Crippen molar-refractivity contribution in [1.82, 2.24) is 14.8 Å². The average Bonchev–Trinajstić information content (AvgIpc) is 3.26. The van der Waals surface area contributed by atoms with Gasteiger partial charge in [0.05, 0.1) is 37.0 Å². The fourth-order valence-corrected chi connectivity index (χ4v) is 6.62. The van der Waals surface area contributed by atoms with E-state index in [-0.39, 0.29) is 37.5 Å². The van der Waals surface area contributed by atoms with E-state index in [4.69, 9.17) is 23.8 Å². The Morgan fingerprint density at radius 2 is 1.89 bits per heavy atom. The SMILES string of the molecule is C#Cc1cc(C(N)=O)c(Cl)c(C(=O)Nc2nc3ccc(S(=O)(=O)CCCN4CCN(C)CC4)cc3s2)c1. The molecule has 9 nitrogen and oxygen atoms in total. The highest BCUT2D eigenvalue weighted by atomic mass is 35.5. The van der Waals surface area contributed by atoms with Gasteiger partial charge in [-0.1, -0.05) is 28.9 Å². The molecule has 1 aliphatic heterocycles. The van der Waals surface area contributed by atoms with Crippen LogP contribution in [0.25, 0.3) is 10.2 Å². The number of amides is 2. The number of nitrogens with one attached hydrogen (secondary N) is 1. The molecule has 0 radical (unpaired) electrons. The summed E-state index contributed by atoms with van der Waals surface area (Å²) >= 11 is 7.35. The summed E-state index contributed by atoms with van der Waals surface area (Å²) in [5.74, 6) is 0.983. The molecule has 1 aromatic heterocycles. The second-order valence-electron chi connectivity index (χ2n) is 8.81. The van der Waals surface area contributed by atoms with E-state index in [1.54, 1.807) is 12.1 Å². The number of primary amides is 1. The van der Waals surface area contributed by atoms with Crippen molar-refractivity contribution in [2.24, 2.45) is 5.73 Å². The summed E-state index contributed by atoms with van der Waals surface area (Å²) < 4.78 is 26.5. The highest BCUT2D eigenvalue weighted by molar-refractivity contribution is 7.91. The monoisotopic (exact) mass is 559 g/mol. The van der Waals surface area contributed by atoms with Gasteiger partial charge in [-0.05, 0) is 50.3 Å². The normalized spacial score (nSPS) is 14.9. The number of carbonyl (C=O) groups excluding carboxylic acids is 2. The summed E-state index contributed by atoms with van der Waals surface area (Å²) in [4.78, 5) is 33.7. The van der Waals surface area contributed by atoms with Gasteiger partial charge in [-0.25, -0.2) is 13.4 Å². The summed E-state index contributed by atoms with van der Waals surface area (Å²) in [7, 11) is -1.39. The third kappa shape index (κ3) is 6.29. The molecule has 0 unspecified atom stereocenters. The summed E-state index contributed by atoms with van der Waals surface area (Å²) in [6, 6.07) is 7.44. The molecule has 37 heavy (non-hydrogen) atoms. The minimum Gasteiger partial charge on any atom is -0.366 e. The molecule has 12 heteroatoms. The number of hydrogen-bond acceptors (Lipinski definition) is 8. The van der Waals surface area contributed by atoms with E-state index in [0.29, 0.717) is 16.6 Å². The number of benzene rings is 2. The number of piperazine rings is 1. The predicted molar refractivity (Wildman–Crippen MR) is 146 cm³/mol. The molecule has 0 aliphatic carbocycles. The number of thiazole rings is 1. The number of anilines is 1. The number of sulfone groups is 1. The number of nitrogens with two attached hydrogens (primary N) is 1. The topological polar surface area (TPSA) is 126 Å². The van der Waals surface area contributed by atoms with Gasteiger partial charge in [-0.3, -0.25) is 14.9 Å². The first-order chi connectivity index (χ1) is 17.6. The van der Waals surface area contributed by atoms with Gasteiger partial charge in [-0.2, -0.15) is 0 Å². The maximum absolute atomic E-state index is 12.9. The average molecular weight is 560 g/mol. The fourth-order valence-electron chi connectivity index (χ4n) is 4.04. The first-order valence-electron chi connectivity index (χ1n) is 11.5. The molecule has 0 bridgehead atoms. The van der Waals surface area contributed by atoms with Crippen LogP contribution < -0.4 is 11.1 Å². The number of fused-ring (bicyclic) bond motifs is 1. The lowest BCUT2D eigenvalue weighted by atomic mass is 10.0. The molecular weight excluding hydrogens is 534 g/mol. The Morgan fingerprint density at radius 1 is 1.19 bits per heavy atom. The minimum absolute atomic E-state index is 0.0196. The quantitative estimate of drug-likeness (QED) is 0.406. The van der Waals surface area contributed by atoms with Crippen molar-refractivity contribution in [2.75, 3.05) is 50.8 Å². The molecule has 3 aromatic rings. The highest BCUT2D eigenvalue weighted by Gasteiger charge is 2.21. The minimum atomic E-state index is -3.47. The van der Waals surface area contributed by atoms with Crippen LogP contribution in [-0.2, 0) is 9.84 Å². The molecule has 0 spiro atoms. The van der Waals surface area contributed by atoms with Crippen LogP contribution in [0.1, 0.15) is 32.7 Å². The predicted octanol–water partition coefficient (Wildman–Crippen LogP) is 2.69. The van der Waals surface area contributed by atoms with E-state index in [2.05, 4.69) is 33.1 Å². The zero-order valence-electron chi connectivity index (χ0n) is 20.2. The van der Waals surface area contributed by atoms with Crippen LogP contribution in [0.3, 0.4) is 0 Å². The maximum Gasteiger partial charge on any atom is 0.259 e. The number of hydrogen-bond donors (Lipinski definition) is 2. The maximum atomic E-state index is 12.9.